The zero-order chi connectivity index (χ0) is 9.97. The second-order valence-electron chi connectivity index (χ2n) is 4.22. The van der Waals surface area contributed by atoms with Gasteiger partial charge in [-0.05, 0) is 32.9 Å². The lowest BCUT2D eigenvalue weighted by Gasteiger charge is -2.32. The highest BCUT2D eigenvalue weighted by atomic mass is 16.6. The van der Waals surface area contributed by atoms with Crippen molar-refractivity contribution in [1.82, 2.24) is 10.2 Å². The van der Waals surface area contributed by atoms with Gasteiger partial charge in [-0.2, -0.15) is 0 Å². The third kappa shape index (κ3) is 2.18. The average molecular weight is 198 g/mol. The van der Waals surface area contributed by atoms with E-state index < -0.39 is 0 Å². The predicted octanol–water partition coefficient (Wildman–Crippen LogP) is 0.827. The fourth-order valence-electron chi connectivity index (χ4n) is 1.88. The summed E-state index contributed by atoms with van der Waals surface area (Å²) in [7, 11) is 1.95. The molecule has 2 fully saturated rings. The Kier molecular flexibility index (Phi) is 2.91. The standard InChI is InChI=1S/C10H18N2O2/c1-11-5-4-8-6-12(9-2-3-9)10(13)14-7-8/h8-9,11H,2-7H2,1H3. The first-order valence-corrected chi connectivity index (χ1v) is 5.39. The fraction of sp³-hybridized carbons (Fsp3) is 0.900. The van der Waals surface area contributed by atoms with Gasteiger partial charge >= 0.3 is 6.09 Å². The van der Waals surface area contributed by atoms with E-state index in [0.717, 1.165) is 32.4 Å². The van der Waals surface area contributed by atoms with Crippen LogP contribution in [0.15, 0.2) is 0 Å². The maximum absolute atomic E-state index is 11.4. The molecular formula is C10H18N2O2. The van der Waals surface area contributed by atoms with Crippen LogP contribution < -0.4 is 5.32 Å². The van der Waals surface area contributed by atoms with Gasteiger partial charge in [0.05, 0.1) is 6.61 Å². The van der Waals surface area contributed by atoms with E-state index in [2.05, 4.69) is 5.32 Å². The van der Waals surface area contributed by atoms with Gasteiger partial charge in [0.25, 0.3) is 0 Å². The highest BCUT2D eigenvalue weighted by molar-refractivity contribution is 5.69. The van der Waals surface area contributed by atoms with Gasteiger partial charge in [-0.25, -0.2) is 4.79 Å². The highest BCUT2D eigenvalue weighted by Gasteiger charge is 2.37. The van der Waals surface area contributed by atoms with Gasteiger partial charge < -0.3 is 15.0 Å². The third-order valence-electron chi connectivity index (χ3n) is 2.92. The Morgan fingerprint density at radius 3 is 3.00 bits per heavy atom. The van der Waals surface area contributed by atoms with Gasteiger partial charge in [-0.15, -0.1) is 0 Å². The molecule has 1 N–H and O–H groups in total. The molecule has 0 aromatic heterocycles. The molecule has 0 radical (unpaired) electrons. The smallest absolute Gasteiger partial charge is 0.410 e. The van der Waals surface area contributed by atoms with Crippen molar-refractivity contribution >= 4 is 6.09 Å². The normalized spacial score (nSPS) is 27.6. The third-order valence-corrected chi connectivity index (χ3v) is 2.92. The van der Waals surface area contributed by atoms with Crippen molar-refractivity contribution in [2.45, 2.75) is 25.3 Å². The van der Waals surface area contributed by atoms with Crippen LogP contribution in [-0.4, -0.2) is 43.8 Å². The molecule has 2 aliphatic rings. The van der Waals surface area contributed by atoms with E-state index in [0.29, 0.717) is 18.6 Å². The van der Waals surface area contributed by atoms with Crippen LogP contribution in [-0.2, 0) is 4.74 Å². The number of amides is 1. The summed E-state index contributed by atoms with van der Waals surface area (Å²) in [5.41, 5.74) is 0. The predicted molar refractivity (Wildman–Crippen MR) is 53.1 cm³/mol. The van der Waals surface area contributed by atoms with Gasteiger partial charge in [-0.1, -0.05) is 0 Å². The van der Waals surface area contributed by atoms with E-state index >= 15 is 0 Å². The van der Waals surface area contributed by atoms with Crippen LogP contribution in [0.2, 0.25) is 0 Å². The Morgan fingerprint density at radius 1 is 1.57 bits per heavy atom. The van der Waals surface area contributed by atoms with E-state index in [9.17, 15) is 4.79 Å². The molecule has 0 bridgehead atoms. The van der Waals surface area contributed by atoms with Crippen LogP contribution in [0.25, 0.3) is 0 Å². The molecule has 0 spiro atoms. The second kappa shape index (κ2) is 4.17. The quantitative estimate of drug-likeness (QED) is 0.727. The van der Waals surface area contributed by atoms with Gasteiger partial charge in [0.2, 0.25) is 0 Å². The topological polar surface area (TPSA) is 41.6 Å². The Labute approximate surface area is 84.6 Å². The number of cyclic esters (lactones) is 1. The molecule has 1 aliphatic carbocycles. The lowest BCUT2D eigenvalue weighted by Crippen LogP contribution is -2.44. The molecule has 80 valence electrons. The SMILES string of the molecule is CNCCC1COC(=O)N(C2CC2)C1. The van der Waals surface area contributed by atoms with Crippen molar-refractivity contribution < 1.29 is 9.53 Å². The van der Waals surface area contributed by atoms with E-state index in [4.69, 9.17) is 4.74 Å². The summed E-state index contributed by atoms with van der Waals surface area (Å²) in [6, 6.07) is 0.486. The van der Waals surface area contributed by atoms with Crippen LogP contribution in [0.3, 0.4) is 0 Å². The first-order valence-electron chi connectivity index (χ1n) is 5.39. The fourth-order valence-corrected chi connectivity index (χ4v) is 1.88. The molecule has 1 atom stereocenters. The Bertz CT molecular complexity index is 216. The van der Waals surface area contributed by atoms with Crippen LogP contribution in [0.5, 0.6) is 0 Å². The summed E-state index contributed by atoms with van der Waals surface area (Å²) in [6.07, 6.45) is 3.31. The molecule has 1 unspecified atom stereocenters. The summed E-state index contributed by atoms with van der Waals surface area (Å²) < 4.78 is 5.16. The number of rotatable bonds is 4. The van der Waals surface area contributed by atoms with E-state index in [1.807, 2.05) is 11.9 Å². The second-order valence-corrected chi connectivity index (χ2v) is 4.22. The Hall–Kier alpha value is -0.770. The number of ether oxygens (including phenoxy) is 1. The van der Waals surface area contributed by atoms with Crippen LogP contribution in [0, 0.1) is 5.92 Å². The molecule has 0 aromatic carbocycles. The molecular weight excluding hydrogens is 180 g/mol. The Balaban J connectivity index is 1.82. The van der Waals surface area contributed by atoms with Crippen LogP contribution in [0.4, 0.5) is 4.79 Å². The minimum atomic E-state index is -0.104. The average Bonchev–Trinajstić information content (AvgIpc) is 3.00. The van der Waals surface area contributed by atoms with E-state index in [1.165, 1.54) is 0 Å². The lowest BCUT2D eigenvalue weighted by atomic mass is 10.1. The van der Waals surface area contributed by atoms with E-state index in [1.54, 1.807) is 0 Å². The molecule has 0 aromatic rings. The van der Waals surface area contributed by atoms with Crippen LogP contribution in [0.1, 0.15) is 19.3 Å². The molecule has 14 heavy (non-hydrogen) atoms. The number of nitrogens with zero attached hydrogens (tertiary/aromatic N) is 1. The summed E-state index contributed by atoms with van der Waals surface area (Å²) in [5.74, 6) is 0.515. The van der Waals surface area contributed by atoms with Crippen molar-refractivity contribution in [2.24, 2.45) is 5.92 Å². The summed E-state index contributed by atoms with van der Waals surface area (Å²) in [4.78, 5) is 13.3. The van der Waals surface area contributed by atoms with Gasteiger partial charge in [0.15, 0.2) is 0 Å². The molecule has 1 amide bonds. The molecule has 2 rings (SSSR count). The first kappa shape index (κ1) is 9.77. The Morgan fingerprint density at radius 2 is 2.36 bits per heavy atom. The minimum Gasteiger partial charge on any atom is -0.449 e. The maximum Gasteiger partial charge on any atom is 0.410 e. The maximum atomic E-state index is 11.4. The number of hydrogen-bond acceptors (Lipinski definition) is 3. The number of carbonyl (C=O) groups is 1. The van der Waals surface area contributed by atoms with Gasteiger partial charge in [0, 0.05) is 18.5 Å². The number of carbonyl (C=O) groups excluding carboxylic acids is 1. The molecule has 4 nitrogen and oxygen atoms in total. The monoisotopic (exact) mass is 198 g/mol. The van der Waals surface area contributed by atoms with Crippen molar-refractivity contribution in [3.05, 3.63) is 0 Å². The number of nitrogens with one attached hydrogen (secondary N) is 1. The summed E-state index contributed by atoms with van der Waals surface area (Å²) in [6.45, 7) is 2.50. The number of hydrogen-bond donors (Lipinski definition) is 1. The summed E-state index contributed by atoms with van der Waals surface area (Å²) in [5, 5.41) is 3.13. The summed E-state index contributed by atoms with van der Waals surface area (Å²) >= 11 is 0. The largest absolute Gasteiger partial charge is 0.449 e. The molecule has 4 heteroatoms. The first-order chi connectivity index (χ1) is 6.81. The van der Waals surface area contributed by atoms with Crippen molar-refractivity contribution in [2.75, 3.05) is 26.7 Å². The lowest BCUT2D eigenvalue weighted by molar-refractivity contribution is 0.0379. The van der Waals surface area contributed by atoms with Crippen molar-refractivity contribution in [1.29, 1.82) is 0 Å². The van der Waals surface area contributed by atoms with E-state index in [-0.39, 0.29) is 6.09 Å². The zero-order valence-electron chi connectivity index (χ0n) is 8.66. The van der Waals surface area contributed by atoms with Crippen molar-refractivity contribution in [3.8, 4) is 0 Å². The van der Waals surface area contributed by atoms with Crippen LogP contribution >= 0.6 is 0 Å². The van der Waals surface area contributed by atoms with Crippen molar-refractivity contribution in [3.63, 3.8) is 0 Å². The minimum absolute atomic E-state index is 0.104. The molecule has 1 saturated carbocycles. The molecule has 1 aliphatic heterocycles. The highest BCUT2D eigenvalue weighted by Crippen LogP contribution is 2.30. The molecule has 1 saturated heterocycles. The van der Waals surface area contributed by atoms with Gasteiger partial charge in [-0.3, -0.25) is 0 Å². The molecule has 1 heterocycles. The zero-order valence-corrected chi connectivity index (χ0v) is 8.66. The van der Waals surface area contributed by atoms with Gasteiger partial charge in [0.1, 0.15) is 0 Å².